The molecule has 0 saturated carbocycles. The maximum Gasteiger partial charge on any atom is 0.308 e. The van der Waals surface area contributed by atoms with E-state index in [-0.39, 0.29) is 6.79 Å². The van der Waals surface area contributed by atoms with Crippen molar-refractivity contribution < 1.29 is 33.6 Å². The van der Waals surface area contributed by atoms with Crippen molar-refractivity contribution in [2.45, 2.75) is 31.8 Å². The minimum absolute atomic E-state index is 0.150. The number of aliphatic carboxylic acids is 1. The number of benzene rings is 4. The Bertz CT molecular complexity index is 1550. The van der Waals surface area contributed by atoms with Crippen LogP contribution in [0.2, 0.25) is 0 Å². The van der Waals surface area contributed by atoms with Crippen molar-refractivity contribution in [2.75, 3.05) is 20.5 Å². The molecule has 1 aliphatic heterocycles. The van der Waals surface area contributed by atoms with Gasteiger partial charge in [-0.15, -0.1) is 0 Å². The van der Waals surface area contributed by atoms with Gasteiger partial charge in [-0.1, -0.05) is 55.5 Å². The summed E-state index contributed by atoms with van der Waals surface area (Å²) in [6, 6.07) is 27.1. The zero-order valence-electron chi connectivity index (χ0n) is 23.0. The van der Waals surface area contributed by atoms with E-state index < -0.39 is 23.7 Å². The molecule has 0 bridgehead atoms. The molecular weight excluding hydrogens is 520 g/mol. The summed E-state index contributed by atoms with van der Waals surface area (Å²) in [6.45, 7) is 3.12. The first-order valence-corrected chi connectivity index (χ1v) is 13.8. The fraction of sp³-hybridized carbons (Fsp3) is 0.265. The molecule has 41 heavy (non-hydrogen) atoms. The van der Waals surface area contributed by atoms with E-state index in [1.54, 1.807) is 7.11 Å². The topological polar surface area (TPSA) is 83.5 Å². The molecular formula is C34H32O7. The largest absolute Gasteiger partial charge is 0.497 e. The summed E-state index contributed by atoms with van der Waals surface area (Å²) in [5, 5.41) is 10.8. The minimum atomic E-state index is -0.894. The molecule has 0 amide bonds. The van der Waals surface area contributed by atoms with Crippen molar-refractivity contribution in [1.29, 1.82) is 0 Å². The number of carboxylic acids is 1. The first-order chi connectivity index (χ1) is 20.1. The molecule has 2 aliphatic rings. The molecule has 7 heteroatoms. The molecule has 3 unspecified atom stereocenters. The van der Waals surface area contributed by atoms with Crippen molar-refractivity contribution >= 4 is 5.97 Å². The van der Waals surface area contributed by atoms with Crippen LogP contribution in [0.15, 0.2) is 84.9 Å². The van der Waals surface area contributed by atoms with Crippen LogP contribution in [-0.4, -0.2) is 31.6 Å². The molecule has 1 heterocycles. The smallest absolute Gasteiger partial charge is 0.308 e. The summed E-state index contributed by atoms with van der Waals surface area (Å²) in [7, 11) is 1.61. The van der Waals surface area contributed by atoms with Gasteiger partial charge in [0.05, 0.1) is 19.6 Å². The van der Waals surface area contributed by atoms with Crippen LogP contribution in [0.3, 0.4) is 0 Å². The zero-order chi connectivity index (χ0) is 28.3. The second-order valence-electron chi connectivity index (χ2n) is 10.2. The Labute approximate surface area is 239 Å². The van der Waals surface area contributed by atoms with Crippen molar-refractivity contribution in [3.63, 3.8) is 0 Å². The van der Waals surface area contributed by atoms with E-state index in [0.717, 1.165) is 34.2 Å². The van der Waals surface area contributed by atoms with E-state index >= 15 is 0 Å². The second kappa shape index (κ2) is 11.5. The van der Waals surface area contributed by atoms with Gasteiger partial charge in [0.25, 0.3) is 0 Å². The molecule has 4 aromatic rings. The summed E-state index contributed by atoms with van der Waals surface area (Å²) in [6.07, 6.45) is 0.869. The van der Waals surface area contributed by atoms with Gasteiger partial charge in [0.1, 0.15) is 23.9 Å². The van der Waals surface area contributed by atoms with Gasteiger partial charge in [-0.2, -0.15) is 0 Å². The van der Waals surface area contributed by atoms with Gasteiger partial charge in [-0.25, -0.2) is 0 Å². The summed E-state index contributed by atoms with van der Waals surface area (Å²) >= 11 is 0. The lowest BCUT2D eigenvalue weighted by atomic mass is 9.79. The second-order valence-corrected chi connectivity index (χ2v) is 10.2. The van der Waals surface area contributed by atoms with Gasteiger partial charge < -0.3 is 28.8 Å². The Hall–Kier alpha value is -4.65. The molecule has 1 N–H and O–H groups in total. The minimum Gasteiger partial charge on any atom is -0.497 e. The van der Waals surface area contributed by atoms with Crippen LogP contribution in [-0.2, 0) is 11.4 Å². The lowest BCUT2D eigenvalue weighted by Crippen LogP contribution is -2.24. The Kier molecular flexibility index (Phi) is 7.42. The number of rotatable bonds is 10. The van der Waals surface area contributed by atoms with Crippen LogP contribution in [0.25, 0.3) is 0 Å². The Morgan fingerprint density at radius 3 is 2.39 bits per heavy atom. The van der Waals surface area contributed by atoms with Crippen LogP contribution in [0, 0.1) is 5.92 Å². The summed E-state index contributed by atoms with van der Waals surface area (Å²) in [5.74, 6) is 0.587. The average molecular weight is 553 g/mol. The van der Waals surface area contributed by atoms with E-state index in [4.69, 9.17) is 23.7 Å². The Balaban J connectivity index is 1.49. The molecule has 210 valence electrons. The molecule has 0 radical (unpaired) electrons. The number of carbonyl (C=O) groups is 1. The normalized spacial score (nSPS) is 18.5. The first-order valence-electron chi connectivity index (χ1n) is 13.8. The lowest BCUT2D eigenvalue weighted by molar-refractivity contribution is -0.142. The van der Waals surface area contributed by atoms with Crippen LogP contribution in [0.4, 0.5) is 0 Å². The van der Waals surface area contributed by atoms with Crippen LogP contribution in [0.1, 0.15) is 53.0 Å². The average Bonchev–Trinajstić information content (AvgIpc) is 3.61. The molecule has 7 nitrogen and oxygen atoms in total. The van der Waals surface area contributed by atoms with Gasteiger partial charge in [0.2, 0.25) is 6.79 Å². The maximum absolute atomic E-state index is 13.2. The highest BCUT2D eigenvalue weighted by molar-refractivity contribution is 5.78. The molecule has 0 fully saturated rings. The van der Waals surface area contributed by atoms with Gasteiger partial charge >= 0.3 is 5.97 Å². The third-order valence-electron chi connectivity index (χ3n) is 7.75. The monoisotopic (exact) mass is 552 g/mol. The quantitative estimate of drug-likeness (QED) is 0.232. The predicted molar refractivity (Wildman–Crippen MR) is 153 cm³/mol. The van der Waals surface area contributed by atoms with E-state index in [9.17, 15) is 9.90 Å². The van der Waals surface area contributed by atoms with Crippen LogP contribution < -0.4 is 23.7 Å². The van der Waals surface area contributed by atoms with Crippen LogP contribution >= 0.6 is 0 Å². The van der Waals surface area contributed by atoms with Gasteiger partial charge in [0.15, 0.2) is 11.5 Å². The fourth-order valence-electron chi connectivity index (χ4n) is 5.89. The van der Waals surface area contributed by atoms with Crippen molar-refractivity contribution in [3.05, 3.63) is 113 Å². The molecule has 4 aromatic carbocycles. The van der Waals surface area contributed by atoms with Crippen LogP contribution in [0.5, 0.6) is 28.7 Å². The predicted octanol–water partition coefficient (Wildman–Crippen LogP) is 6.77. The molecule has 3 atom stereocenters. The molecule has 0 saturated heterocycles. The number of carboxylic acid groups (broad SMARTS) is 1. The molecule has 1 aliphatic carbocycles. The van der Waals surface area contributed by atoms with Gasteiger partial charge in [0, 0.05) is 23.5 Å². The highest BCUT2D eigenvalue weighted by Crippen LogP contribution is 2.56. The fourth-order valence-corrected chi connectivity index (χ4v) is 5.89. The number of hydrogen-bond donors (Lipinski definition) is 1. The summed E-state index contributed by atoms with van der Waals surface area (Å²) in [4.78, 5) is 13.2. The lowest BCUT2D eigenvalue weighted by Gasteiger charge is -2.25. The van der Waals surface area contributed by atoms with E-state index in [0.29, 0.717) is 42.0 Å². The van der Waals surface area contributed by atoms with Crippen molar-refractivity contribution in [2.24, 2.45) is 5.92 Å². The summed E-state index contributed by atoms with van der Waals surface area (Å²) < 4.78 is 29.1. The van der Waals surface area contributed by atoms with E-state index in [1.807, 2.05) is 84.9 Å². The maximum atomic E-state index is 13.2. The highest BCUT2D eigenvalue weighted by Gasteiger charge is 2.48. The van der Waals surface area contributed by atoms with E-state index in [1.165, 1.54) is 0 Å². The number of fused-ring (bicyclic) bond motifs is 2. The molecule has 0 spiro atoms. The Morgan fingerprint density at radius 2 is 1.61 bits per heavy atom. The Morgan fingerprint density at radius 1 is 0.829 bits per heavy atom. The summed E-state index contributed by atoms with van der Waals surface area (Å²) in [5.41, 5.74) is 4.49. The number of ether oxygens (including phenoxy) is 5. The van der Waals surface area contributed by atoms with Crippen molar-refractivity contribution in [3.8, 4) is 28.7 Å². The van der Waals surface area contributed by atoms with Gasteiger partial charge in [-0.3, -0.25) is 4.79 Å². The number of hydrogen-bond acceptors (Lipinski definition) is 6. The zero-order valence-corrected chi connectivity index (χ0v) is 23.0. The SMILES string of the molecule is CCCOc1ccc2c(c1)C(c1ccc(OC)cc1OCc1ccccc1)C(C(=O)O)C2c1ccc2c(c1)OCO2. The van der Waals surface area contributed by atoms with Gasteiger partial charge in [-0.05, 0) is 59.0 Å². The van der Waals surface area contributed by atoms with E-state index in [2.05, 4.69) is 6.92 Å². The highest BCUT2D eigenvalue weighted by atomic mass is 16.7. The third kappa shape index (κ3) is 5.15. The van der Waals surface area contributed by atoms with Crippen molar-refractivity contribution in [1.82, 2.24) is 0 Å². The molecule has 6 rings (SSSR count). The molecule has 0 aromatic heterocycles. The third-order valence-corrected chi connectivity index (χ3v) is 7.75. The number of methoxy groups -OCH3 is 1. The standard InChI is InChI=1S/C34H32O7/c1-3-15-38-24-11-12-25-27(17-24)32(33(34(35)36)31(25)22-9-14-28-30(16-22)41-20-40-28)26-13-10-23(37-2)18-29(26)39-19-21-7-5-4-6-8-21/h4-14,16-18,31-33H,3,15,19-20H2,1-2H3,(H,35,36). The first kappa shape index (κ1) is 26.6.